The van der Waals surface area contributed by atoms with Gasteiger partial charge < -0.3 is 11.1 Å². The first-order valence-electron chi connectivity index (χ1n) is 6.38. The third-order valence-electron chi connectivity index (χ3n) is 3.74. The molecule has 0 radical (unpaired) electrons. The van der Waals surface area contributed by atoms with Crippen molar-refractivity contribution in [3.05, 3.63) is 23.8 Å². The largest absolute Gasteiger partial charge is 0.398 e. The van der Waals surface area contributed by atoms with E-state index in [1.54, 1.807) is 6.07 Å². The van der Waals surface area contributed by atoms with Crippen molar-refractivity contribution in [1.29, 1.82) is 0 Å². The zero-order valence-electron chi connectivity index (χ0n) is 12.0. The average Bonchev–Trinajstić information content (AvgIpc) is 2.25. The molecule has 0 atom stereocenters. The van der Waals surface area contributed by atoms with Gasteiger partial charge in [0.05, 0.1) is 0 Å². The quantitative estimate of drug-likeness (QED) is 0.618. The lowest BCUT2D eigenvalue weighted by Gasteiger charge is -2.30. The average molecular weight is 248 g/mol. The van der Waals surface area contributed by atoms with Gasteiger partial charge in [0.2, 0.25) is 0 Å². The van der Waals surface area contributed by atoms with Gasteiger partial charge in [-0.15, -0.1) is 0 Å². The zero-order chi connectivity index (χ0) is 13.9. The van der Waals surface area contributed by atoms with Crippen LogP contribution < -0.4 is 11.1 Å². The molecular weight excluding hydrogens is 224 g/mol. The lowest BCUT2D eigenvalue weighted by atomic mass is 9.81. The van der Waals surface area contributed by atoms with Gasteiger partial charge in [-0.1, -0.05) is 27.7 Å². The SMILES string of the molecule is CC(=O)c1ccc(NCC(C)(C)C(C)C)cc1N. The highest BCUT2D eigenvalue weighted by molar-refractivity contribution is 5.99. The summed E-state index contributed by atoms with van der Waals surface area (Å²) >= 11 is 0. The number of carbonyl (C=O) groups is 1. The number of nitrogen functional groups attached to an aromatic ring is 1. The molecule has 1 rings (SSSR count). The molecule has 3 nitrogen and oxygen atoms in total. The molecule has 3 heteroatoms. The molecule has 100 valence electrons. The van der Waals surface area contributed by atoms with Crippen LogP contribution in [-0.4, -0.2) is 12.3 Å². The molecule has 0 saturated heterocycles. The normalized spacial score (nSPS) is 11.7. The standard InChI is InChI=1S/C15H24N2O/c1-10(2)15(4,5)9-17-12-6-7-13(11(3)18)14(16)8-12/h6-8,10,17H,9,16H2,1-5H3. The highest BCUT2D eigenvalue weighted by Crippen LogP contribution is 2.27. The van der Waals surface area contributed by atoms with Crippen molar-refractivity contribution in [2.75, 3.05) is 17.6 Å². The van der Waals surface area contributed by atoms with Crippen LogP contribution in [0.1, 0.15) is 45.0 Å². The molecule has 3 N–H and O–H groups in total. The maximum atomic E-state index is 11.3. The molecule has 0 aliphatic heterocycles. The minimum Gasteiger partial charge on any atom is -0.398 e. The molecule has 0 aliphatic carbocycles. The second kappa shape index (κ2) is 5.42. The summed E-state index contributed by atoms with van der Waals surface area (Å²) < 4.78 is 0. The molecule has 0 saturated carbocycles. The Morgan fingerprint density at radius 3 is 2.44 bits per heavy atom. The smallest absolute Gasteiger partial charge is 0.161 e. The van der Waals surface area contributed by atoms with E-state index in [9.17, 15) is 4.79 Å². The number of hydrogen-bond donors (Lipinski definition) is 2. The van der Waals surface area contributed by atoms with Crippen LogP contribution in [0.15, 0.2) is 18.2 Å². The van der Waals surface area contributed by atoms with E-state index >= 15 is 0 Å². The molecule has 0 aromatic heterocycles. The summed E-state index contributed by atoms with van der Waals surface area (Å²) in [7, 11) is 0. The van der Waals surface area contributed by atoms with Crippen LogP contribution in [0.4, 0.5) is 11.4 Å². The summed E-state index contributed by atoms with van der Waals surface area (Å²) in [6.45, 7) is 11.3. The van der Waals surface area contributed by atoms with Gasteiger partial charge in [-0.3, -0.25) is 4.79 Å². The summed E-state index contributed by atoms with van der Waals surface area (Å²) in [4.78, 5) is 11.3. The monoisotopic (exact) mass is 248 g/mol. The number of nitrogens with one attached hydrogen (secondary N) is 1. The van der Waals surface area contributed by atoms with E-state index in [1.165, 1.54) is 6.92 Å². The molecule has 0 spiro atoms. The summed E-state index contributed by atoms with van der Waals surface area (Å²) in [5.41, 5.74) is 8.16. The number of carbonyl (C=O) groups excluding carboxylic acids is 1. The van der Waals surface area contributed by atoms with Crippen molar-refractivity contribution < 1.29 is 4.79 Å². The first-order chi connectivity index (χ1) is 8.24. The first kappa shape index (κ1) is 14.6. The predicted molar refractivity (Wildman–Crippen MR) is 78.0 cm³/mol. The van der Waals surface area contributed by atoms with Crippen molar-refractivity contribution in [3.63, 3.8) is 0 Å². The molecule has 0 fully saturated rings. The molecule has 0 aliphatic rings. The van der Waals surface area contributed by atoms with Gasteiger partial charge in [-0.25, -0.2) is 0 Å². The maximum absolute atomic E-state index is 11.3. The van der Waals surface area contributed by atoms with Crippen molar-refractivity contribution >= 4 is 17.2 Å². The van der Waals surface area contributed by atoms with E-state index in [4.69, 9.17) is 5.73 Å². The van der Waals surface area contributed by atoms with Gasteiger partial charge in [0.25, 0.3) is 0 Å². The van der Waals surface area contributed by atoms with Gasteiger partial charge in [0.1, 0.15) is 0 Å². The lowest BCUT2D eigenvalue weighted by molar-refractivity contribution is 0.101. The second-order valence-corrected chi connectivity index (χ2v) is 5.86. The molecule has 0 amide bonds. The van der Waals surface area contributed by atoms with Crippen molar-refractivity contribution in [2.45, 2.75) is 34.6 Å². The van der Waals surface area contributed by atoms with Gasteiger partial charge in [0, 0.05) is 23.5 Å². The Balaban J connectivity index is 2.76. The highest BCUT2D eigenvalue weighted by Gasteiger charge is 2.21. The molecule has 18 heavy (non-hydrogen) atoms. The van der Waals surface area contributed by atoms with Crippen molar-refractivity contribution in [2.24, 2.45) is 11.3 Å². The van der Waals surface area contributed by atoms with E-state index in [2.05, 4.69) is 33.0 Å². The summed E-state index contributed by atoms with van der Waals surface area (Å²) in [6, 6.07) is 5.51. The van der Waals surface area contributed by atoms with E-state index in [0.29, 0.717) is 17.2 Å². The number of ketones is 1. The molecule has 1 aromatic rings. The summed E-state index contributed by atoms with van der Waals surface area (Å²) in [6.07, 6.45) is 0. The number of benzene rings is 1. The zero-order valence-corrected chi connectivity index (χ0v) is 12.0. The van der Waals surface area contributed by atoms with Crippen LogP contribution in [0.2, 0.25) is 0 Å². The summed E-state index contributed by atoms with van der Waals surface area (Å²) in [5, 5.41) is 3.38. The van der Waals surface area contributed by atoms with Gasteiger partial charge >= 0.3 is 0 Å². The molecule has 0 unspecified atom stereocenters. The van der Waals surface area contributed by atoms with E-state index in [-0.39, 0.29) is 11.2 Å². The second-order valence-electron chi connectivity index (χ2n) is 5.86. The Bertz CT molecular complexity index is 436. The first-order valence-corrected chi connectivity index (χ1v) is 6.38. The third-order valence-corrected chi connectivity index (χ3v) is 3.74. The van der Waals surface area contributed by atoms with Crippen LogP contribution in [-0.2, 0) is 0 Å². The summed E-state index contributed by atoms with van der Waals surface area (Å²) in [5.74, 6) is 0.598. The third kappa shape index (κ3) is 3.49. The van der Waals surface area contributed by atoms with E-state index in [0.717, 1.165) is 12.2 Å². The van der Waals surface area contributed by atoms with Gasteiger partial charge in [-0.2, -0.15) is 0 Å². The minimum absolute atomic E-state index is 0.00144. The Hall–Kier alpha value is -1.51. The number of Topliss-reactive ketones (excluding diaryl/α,β-unsaturated/α-hetero) is 1. The predicted octanol–water partition coefficient (Wildman–Crippen LogP) is 3.57. The van der Waals surface area contributed by atoms with Gasteiger partial charge in [0.15, 0.2) is 5.78 Å². The van der Waals surface area contributed by atoms with Crippen LogP contribution in [0, 0.1) is 11.3 Å². The number of anilines is 2. The Morgan fingerprint density at radius 2 is 2.00 bits per heavy atom. The minimum atomic E-state index is 0.00144. The molecular formula is C15H24N2O. The topological polar surface area (TPSA) is 55.1 Å². The van der Waals surface area contributed by atoms with Gasteiger partial charge in [-0.05, 0) is 36.5 Å². The molecule has 1 aromatic carbocycles. The molecule has 0 bridgehead atoms. The van der Waals surface area contributed by atoms with E-state index < -0.39 is 0 Å². The maximum Gasteiger partial charge on any atom is 0.161 e. The lowest BCUT2D eigenvalue weighted by Crippen LogP contribution is -2.28. The van der Waals surface area contributed by atoms with Crippen molar-refractivity contribution in [1.82, 2.24) is 0 Å². The molecule has 0 heterocycles. The highest BCUT2D eigenvalue weighted by atomic mass is 16.1. The fourth-order valence-electron chi connectivity index (χ4n) is 1.53. The Kier molecular flexibility index (Phi) is 4.38. The fourth-order valence-corrected chi connectivity index (χ4v) is 1.53. The Morgan fingerprint density at radius 1 is 1.39 bits per heavy atom. The van der Waals surface area contributed by atoms with Crippen LogP contribution in [0.3, 0.4) is 0 Å². The van der Waals surface area contributed by atoms with E-state index in [1.807, 2.05) is 12.1 Å². The number of rotatable bonds is 5. The number of nitrogens with two attached hydrogens (primary N) is 1. The van der Waals surface area contributed by atoms with Crippen LogP contribution >= 0.6 is 0 Å². The fraction of sp³-hybridized carbons (Fsp3) is 0.533. The van der Waals surface area contributed by atoms with Crippen LogP contribution in [0.5, 0.6) is 0 Å². The van der Waals surface area contributed by atoms with Crippen molar-refractivity contribution in [3.8, 4) is 0 Å². The van der Waals surface area contributed by atoms with Crippen LogP contribution in [0.25, 0.3) is 0 Å². The number of hydrogen-bond acceptors (Lipinski definition) is 3. The Labute approximate surface area is 110 Å².